The molecule has 13 heavy (non-hydrogen) atoms. The molecule has 0 saturated heterocycles. The van der Waals surface area contributed by atoms with Gasteiger partial charge in [0, 0.05) is 18.8 Å². The van der Waals surface area contributed by atoms with Gasteiger partial charge in [-0.3, -0.25) is 0 Å². The summed E-state index contributed by atoms with van der Waals surface area (Å²) in [5, 5.41) is 6.80. The van der Waals surface area contributed by atoms with Gasteiger partial charge in [-0.25, -0.2) is 4.98 Å². The molecule has 0 fully saturated rings. The third kappa shape index (κ3) is 1.74. The summed E-state index contributed by atoms with van der Waals surface area (Å²) in [7, 11) is 0. The van der Waals surface area contributed by atoms with Gasteiger partial charge in [0.2, 0.25) is 0 Å². The summed E-state index contributed by atoms with van der Waals surface area (Å²) in [6.07, 6.45) is 4.14. The Bertz CT molecular complexity index is 285. The smallest absolute Gasteiger partial charge is 0.149 e. The minimum atomic E-state index is 0.559. The lowest BCUT2D eigenvalue weighted by molar-refractivity contribution is 0.659. The van der Waals surface area contributed by atoms with Crippen molar-refractivity contribution in [2.24, 2.45) is 0 Å². The molecule has 2 heterocycles. The predicted octanol–water partition coefficient (Wildman–Crippen LogP) is 2.09. The minimum absolute atomic E-state index is 0.559. The van der Waals surface area contributed by atoms with Crippen LogP contribution in [0.4, 0.5) is 11.5 Å². The van der Waals surface area contributed by atoms with Gasteiger partial charge in [-0.05, 0) is 25.0 Å². The van der Waals surface area contributed by atoms with Crippen molar-refractivity contribution in [3.8, 4) is 0 Å². The molecular weight excluding hydrogens is 162 g/mol. The van der Waals surface area contributed by atoms with Crippen molar-refractivity contribution in [3.05, 3.63) is 18.3 Å². The van der Waals surface area contributed by atoms with E-state index in [2.05, 4.69) is 28.6 Å². The number of rotatable bonds is 1. The van der Waals surface area contributed by atoms with Gasteiger partial charge in [-0.2, -0.15) is 0 Å². The first-order valence-electron chi connectivity index (χ1n) is 4.85. The summed E-state index contributed by atoms with van der Waals surface area (Å²) in [6, 6.07) is 4.58. The van der Waals surface area contributed by atoms with E-state index < -0.39 is 0 Å². The molecule has 0 aliphatic carbocycles. The van der Waals surface area contributed by atoms with Gasteiger partial charge < -0.3 is 10.6 Å². The predicted molar refractivity (Wildman–Crippen MR) is 55.0 cm³/mol. The Balaban J connectivity index is 2.23. The number of anilines is 2. The standard InChI is InChI=1S/C10H15N3/c1-2-8-5-7-11-9-4-3-6-12-10(9)13-8/h3-4,6,8,11H,2,5,7H2,1H3,(H,12,13). The molecule has 0 bridgehead atoms. The van der Waals surface area contributed by atoms with E-state index in [1.807, 2.05) is 12.3 Å². The van der Waals surface area contributed by atoms with E-state index >= 15 is 0 Å². The van der Waals surface area contributed by atoms with Gasteiger partial charge in [0.15, 0.2) is 0 Å². The van der Waals surface area contributed by atoms with Gasteiger partial charge in [0.05, 0.1) is 5.69 Å². The highest BCUT2D eigenvalue weighted by Crippen LogP contribution is 2.22. The molecule has 0 amide bonds. The number of nitrogens with zero attached hydrogens (tertiary/aromatic N) is 1. The summed E-state index contributed by atoms with van der Waals surface area (Å²) in [5.74, 6) is 0.992. The summed E-state index contributed by atoms with van der Waals surface area (Å²) in [5.41, 5.74) is 1.12. The maximum Gasteiger partial charge on any atom is 0.149 e. The summed E-state index contributed by atoms with van der Waals surface area (Å²) >= 11 is 0. The Morgan fingerprint density at radius 2 is 2.54 bits per heavy atom. The average Bonchev–Trinajstić information content (AvgIpc) is 2.38. The second-order valence-electron chi connectivity index (χ2n) is 3.36. The molecule has 0 aromatic carbocycles. The molecule has 1 aliphatic heterocycles. The van der Waals surface area contributed by atoms with Crippen molar-refractivity contribution in [2.75, 3.05) is 17.2 Å². The first-order chi connectivity index (χ1) is 6.40. The minimum Gasteiger partial charge on any atom is -0.382 e. The van der Waals surface area contributed by atoms with Crippen molar-refractivity contribution in [2.45, 2.75) is 25.8 Å². The van der Waals surface area contributed by atoms with E-state index in [1.54, 1.807) is 0 Å². The van der Waals surface area contributed by atoms with Crippen molar-refractivity contribution in [1.82, 2.24) is 4.98 Å². The van der Waals surface area contributed by atoms with Crippen LogP contribution < -0.4 is 10.6 Å². The van der Waals surface area contributed by atoms with Crippen LogP contribution >= 0.6 is 0 Å². The molecule has 0 spiro atoms. The van der Waals surface area contributed by atoms with Gasteiger partial charge in [0.25, 0.3) is 0 Å². The Morgan fingerprint density at radius 3 is 3.38 bits per heavy atom. The lowest BCUT2D eigenvalue weighted by atomic mass is 10.1. The highest BCUT2D eigenvalue weighted by molar-refractivity contribution is 5.64. The fraction of sp³-hybridized carbons (Fsp3) is 0.500. The highest BCUT2D eigenvalue weighted by atomic mass is 15.1. The normalized spacial score (nSPS) is 20.8. The van der Waals surface area contributed by atoms with Crippen LogP contribution in [0.15, 0.2) is 18.3 Å². The van der Waals surface area contributed by atoms with Crippen molar-refractivity contribution in [3.63, 3.8) is 0 Å². The zero-order valence-electron chi connectivity index (χ0n) is 7.88. The molecule has 1 unspecified atom stereocenters. The lowest BCUT2D eigenvalue weighted by Crippen LogP contribution is -2.18. The second-order valence-corrected chi connectivity index (χ2v) is 3.36. The molecule has 3 nitrogen and oxygen atoms in total. The number of nitrogens with one attached hydrogen (secondary N) is 2. The summed E-state index contributed by atoms with van der Waals surface area (Å²) in [6.45, 7) is 3.23. The van der Waals surface area contributed by atoms with Crippen LogP contribution in [0.2, 0.25) is 0 Å². The monoisotopic (exact) mass is 177 g/mol. The van der Waals surface area contributed by atoms with Gasteiger partial charge in [-0.1, -0.05) is 6.92 Å². The molecule has 2 rings (SSSR count). The van der Waals surface area contributed by atoms with E-state index in [4.69, 9.17) is 0 Å². The van der Waals surface area contributed by atoms with Gasteiger partial charge in [0.1, 0.15) is 5.82 Å². The topological polar surface area (TPSA) is 37.0 Å². The summed E-state index contributed by atoms with van der Waals surface area (Å²) < 4.78 is 0. The molecule has 0 radical (unpaired) electrons. The second kappa shape index (κ2) is 3.64. The van der Waals surface area contributed by atoms with E-state index in [0.29, 0.717) is 6.04 Å². The molecule has 3 heteroatoms. The first-order valence-corrected chi connectivity index (χ1v) is 4.85. The van der Waals surface area contributed by atoms with E-state index in [-0.39, 0.29) is 0 Å². The first kappa shape index (κ1) is 8.35. The van der Waals surface area contributed by atoms with Crippen LogP contribution in [-0.4, -0.2) is 17.6 Å². The number of pyridine rings is 1. The molecule has 1 aromatic rings. The fourth-order valence-corrected chi connectivity index (χ4v) is 1.62. The number of hydrogen-bond acceptors (Lipinski definition) is 3. The number of hydrogen-bond donors (Lipinski definition) is 2. The molecular formula is C10H15N3. The van der Waals surface area contributed by atoms with Crippen LogP contribution in [-0.2, 0) is 0 Å². The maximum absolute atomic E-state index is 4.30. The Hall–Kier alpha value is -1.25. The van der Waals surface area contributed by atoms with E-state index in [0.717, 1.165) is 30.9 Å². The third-order valence-electron chi connectivity index (χ3n) is 2.45. The van der Waals surface area contributed by atoms with Crippen LogP contribution in [0, 0.1) is 0 Å². The van der Waals surface area contributed by atoms with Crippen LogP contribution in [0.1, 0.15) is 19.8 Å². The SMILES string of the molecule is CCC1CCNc2cccnc2N1. The maximum atomic E-state index is 4.30. The fourth-order valence-electron chi connectivity index (χ4n) is 1.62. The third-order valence-corrected chi connectivity index (χ3v) is 2.45. The molecule has 1 aromatic heterocycles. The molecule has 2 N–H and O–H groups in total. The highest BCUT2D eigenvalue weighted by Gasteiger charge is 2.13. The molecule has 0 saturated carbocycles. The van der Waals surface area contributed by atoms with Crippen molar-refractivity contribution in [1.29, 1.82) is 0 Å². The van der Waals surface area contributed by atoms with Crippen LogP contribution in [0.5, 0.6) is 0 Å². The largest absolute Gasteiger partial charge is 0.382 e. The van der Waals surface area contributed by atoms with Gasteiger partial charge >= 0.3 is 0 Å². The summed E-state index contributed by atoms with van der Waals surface area (Å²) in [4.78, 5) is 4.30. The quantitative estimate of drug-likeness (QED) is 0.689. The molecule has 1 atom stereocenters. The van der Waals surface area contributed by atoms with Crippen molar-refractivity contribution < 1.29 is 0 Å². The van der Waals surface area contributed by atoms with Crippen molar-refractivity contribution >= 4 is 11.5 Å². The molecule has 1 aliphatic rings. The average molecular weight is 177 g/mol. The Morgan fingerprint density at radius 1 is 1.62 bits per heavy atom. The van der Waals surface area contributed by atoms with Crippen LogP contribution in [0.3, 0.4) is 0 Å². The zero-order valence-corrected chi connectivity index (χ0v) is 7.88. The van der Waals surface area contributed by atoms with E-state index in [9.17, 15) is 0 Å². The zero-order chi connectivity index (χ0) is 9.10. The number of aromatic nitrogens is 1. The van der Waals surface area contributed by atoms with Crippen LogP contribution in [0.25, 0.3) is 0 Å². The van der Waals surface area contributed by atoms with Gasteiger partial charge in [-0.15, -0.1) is 0 Å². The molecule has 70 valence electrons. The lowest BCUT2D eigenvalue weighted by Gasteiger charge is -2.13. The number of fused-ring (bicyclic) bond motifs is 1. The Labute approximate surface area is 78.6 Å². The van der Waals surface area contributed by atoms with E-state index in [1.165, 1.54) is 0 Å². The Kier molecular flexibility index (Phi) is 2.34.